The second-order valence-corrected chi connectivity index (χ2v) is 8.86. The van der Waals surface area contributed by atoms with Crippen LogP contribution in [0.3, 0.4) is 0 Å². The van der Waals surface area contributed by atoms with E-state index >= 15 is 0 Å². The molecule has 0 unspecified atom stereocenters. The summed E-state index contributed by atoms with van der Waals surface area (Å²) >= 11 is 5.47. The van der Waals surface area contributed by atoms with E-state index in [1.54, 1.807) is 18.0 Å². The number of methoxy groups -OCH3 is 1. The van der Waals surface area contributed by atoms with Crippen LogP contribution in [0, 0.1) is 0 Å². The van der Waals surface area contributed by atoms with E-state index in [2.05, 4.69) is 27.7 Å². The summed E-state index contributed by atoms with van der Waals surface area (Å²) in [6.45, 7) is 0.546. The fourth-order valence-electron chi connectivity index (χ4n) is 3.89. The van der Waals surface area contributed by atoms with Crippen molar-refractivity contribution < 1.29 is 9.53 Å². The first kappa shape index (κ1) is 25.1. The summed E-state index contributed by atoms with van der Waals surface area (Å²) in [7, 11) is 5.64. The molecule has 0 spiro atoms. The molecule has 7 nitrogen and oxygen atoms in total. The van der Waals surface area contributed by atoms with E-state index in [4.69, 9.17) is 22.1 Å². The molecule has 0 saturated heterocycles. The van der Waals surface area contributed by atoms with Crippen molar-refractivity contribution in [2.75, 3.05) is 27.7 Å². The van der Waals surface area contributed by atoms with Crippen LogP contribution in [0.25, 0.3) is 16.9 Å². The van der Waals surface area contributed by atoms with E-state index in [1.807, 2.05) is 86.9 Å². The number of aromatic nitrogens is 2. The van der Waals surface area contributed by atoms with E-state index in [0.717, 1.165) is 22.6 Å². The van der Waals surface area contributed by atoms with Gasteiger partial charge in [-0.05, 0) is 68.3 Å². The third-order valence-electron chi connectivity index (χ3n) is 5.83. The predicted molar refractivity (Wildman–Crippen MR) is 146 cm³/mol. The van der Waals surface area contributed by atoms with E-state index in [9.17, 15) is 4.79 Å². The van der Waals surface area contributed by atoms with Gasteiger partial charge in [0.25, 0.3) is 5.91 Å². The molecule has 0 aliphatic heterocycles. The first-order chi connectivity index (χ1) is 17.5. The molecule has 0 bridgehead atoms. The molecule has 1 amide bonds. The molecule has 0 aliphatic carbocycles. The highest BCUT2D eigenvalue weighted by Crippen LogP contribution is 2.26. The van der Waals surface area contributed by atoms with Crippen LogP contribution in [-0.2, 0) is 0 Å². The molecule has 0 aliphatic rings. The SMILES string of the molecule is COc1ccc(-c2nn(-c3ccccc3)cc2C(=O)NC(=S)NC[C@@H](c2ccccc2)N(C)C)cc1. The quantitative estimate of drug-likeness (QED) is 0.349. The highest BCUT2D eigenvalue weighted by Gasteiger charge is 2.20. The summed E-state index contributed by atoms with van der Waals surface area (Å²) in [6.07, 6.45) is 1.72. The Morgan fingerprint density at radius 1 is 1.00 bits per heavy atom. The molecule has 1 aromatic heterocycles. The number of hydrogen-bond acceptors (Lipinski definition) is 5. The smallest absolute Gasteiger partial charge is 0.261 e. The summed E-state index contributed by atoms with van der Waals surface area (Å²) in [5, 5.41) is 11.0. The van der Waals surface area contributed by atoms with Gasteiger partial charge in [-0.2, -0.15) is 5.10 Å². The van der Waals surface area contributed by atoms with Crippen molar-refractivity contribution in [1.29, 1.82) is 0 Å². The minimum atomic E-state index is -0.332. The van der Waals surface area contributed by atoms with Crippen LogP contribution in [0.4, 0.5) is 0 Å². The third-order valence-corrected chi connectivity index (χ3v) is 6.08. The molecular weight excluding hydrogens is 470 g/mol. The number of ether oxygens (including phenoxy) is 1. The van der Waals surface area contributed by atoms with Crippen molar-refractivity contribution in [3.05, 3.63) is 102 Å². The van der Waals surface area contributed by atoms with Crippen LogP contribution in [0.2, 0.25) is 0 Å². The molecule has 184 valence electrons. The molecule has 8 heteroatoms. The molecule has 3 aromatic carbocycles. The summed E-state index contributed by atoms with van der Waals surface area (Å²) in [6, 6.07) is 27.4. The molecule has 4 aromatic rings. The van der Waals surface area contributed by atoms with Crippen molar-refractivity contribution in [2.24, 2.45) is 0 Å². The lowest BCUT2D eigenvalue weighted by Crippen LogP contribution is -2.42. The van der Waals surface area contributed by atoms with Gasteiger partial charge >= 0.3 is 0 Å². The number of hydrogen-bond donors (Lipinski definition) is 2. The number of para-hydroxylation sites is 1. The molecular formula is C28H29N5O2S. The predicted octanol–water partition coefficient (Wildman–Crippen LogP) is 4.46. The highest BCUT2D eigenvalue weighted by molar-refractivity contribution is 7.80. The van der Waals surface area contributed by atoms with E-state index < -0.39 is 0 Å². The number of nitrogens with one attached hydrogen (secondary N) is 2. The average molecular weight is 500 g/mol. The van der Waals surface area contributed by atoms with Gasteiger partial charge in [0, 0.05) is 18.3 Å². The zero-order valence-corrected chi connectivity index (χ0v) is 21.3. The monoisotopic (exact) mass is 499 g/mol. The minimum Gasteiger partial charge on any atom is -0.497 e. The number of nitrogens with zero attached hydrogens (tertiary/aromatic N) is 3. The molecule has 0 fully saturated rings. The second kappa shape index (κ2) is 11.6. The first-order valence-corrected chi connectivity index (χ1v) is 12.0. The largest absolute Gasteiger partial charge is 0.497 e. The molecule has 1 heterocycles. The van der Waals surface area contributed by atoms with Gasteiger partial charge in [0.15, 0.2) is 5.11 Å². The van der Waals surface area contributed by atoms with Gasteiger partial charge in [-0.25, -0.2) is 4.68 Å². The molecule has 4 rings (SSSR count). The van der Waals surface area contributed by atoms with Gasteiger partial charge in [0.2, 0.25) is 0 Å². The van der Waals surface area contributed by atoms with Crippen molar-refractivity contribution >= 4 is 23.2 Å². The molecule has 36 heavy (non-hydrogen) atoms. The van der Waals surface area contributed by atoms with Crippen molar-refractivity contribution in [3.8, 4) is 22.7 Å². The van der Waals surface area contributed by atoms with Crippen molar-refractivity contribution in [3.63, 3.8) is 0 Å². The summed E-state index contributed by atoms with van der Waals surface area (Å²) in [4.78, 5) is 15.4. The van der Waals surface area contributed by atoms with Gasteiger partial charge in [-0.15, -0.1) is 0 Å². The lowest BCUT2D eigenvalue weighted by Gasteiger charge is -2.25. The van der Waals surface area contributed by atoms with Crippen molar-refractivity contribution in [1.82, 2.24) is 25.3 Å². The Hall–Kier alpha value is -4.01. The lowest BCUT2D eigenvalue weighted by molar-refractivity contribution is 0.0977. The zero-order valence-electron chi connectivity index (χ0n) is 20.5. The Morgan fingerprint density at radius 2 is 1.64 bits per heavy atom. The number of amides is 1. The number of rotatable bonds is 8. The summed E-state index contributed by atoms with van der Waals surface area (Å²) < 4.78 is 6.97. The summed E-state index contributed by atoms with van der Waals surface area (Å²) in [5.74, 6) is 0.396. The van der Waals surface area contributed by atoms with Crippen LogP contribution in [0.1, 0.15) is 22.0 Å². The number of likely N-dealkylation sites (N-methyl/N-ethyl adjacent to an activating group) is 1. The van der Waals surface area contributed by atoms with Crippen LogP contribution in [0.5, 0.6) is 5.75 Å². The fraction of sp³-hybridized carbons (Fsp3) is 0.179. The average Bonchev–Trinajstić information content (AvgIpc) is 3.36. The number of carbonyl (C=O) groups excluding carboxylic acids is 1. The molecule has 0 radical (unpaired) electrons. The Balaban J connectivity index is 1.54. The van der Waals surface area contributed by atoms with Gasteiger partial charge in [-0.1, -0.05) is 48.5 Å². The maximum Gasteiger partial charge on any atom is 0.261 e. The Kier molecular flexibility index (Phi) is 8.10. The van der Waals surface area contributed by atoms with Crippen LogP contribution < -0.4 is 15.4 Å². The normalized spacial score (nSPS) is 11.7. The maximum atomic E-state index is 13.3. The molecule has 0 saturated carbocycles. The molecule has 1 atom stereocenters. The molecule has 2 N–H and O–H groups in total. The number of benzene rings is 3. The summed E-state index contributed by atoms with van der Waals surface area (Å²) in [5.41, 5.74) is 3.78. The van der Waals surface area contributed by atoms with Crippen LogP contribution in [0.15, 0.2) is 91.1 Å². The first-order valence-electron chi connectivity index (χ1n) is 11.6. The fourth-order valence-corrected chi connectivity index (χ4v) is 4.07. The van der Waals surface area contributed by atoms with Gasteiger partial charge in [-0.3, -0.25) is 10.1 Å². The maximum absolute atomic E-state index is 13.3. The van der Waals surface area contributed by atoms with Crippen LogP contribution >= 0.6 is 12.2 Å². The van der Waals surface area contributed by atoms with Gasteiger partial charge in [0.05, 0.1) is 24.4 Å². The third kappa shape index (κ3) is 5.97. The standard InChI is InChI=1S/C28H29N5O2S/c1-32(2)25(20-10-6-4-7-11-20)18-29-28(36)30-27(34)24-19-33(22-12-8-5-9-13-22)31-26(24)21-14-16-23(35-3)17-15-21/h4-17,19,25H,18H2,1-3H3,(H2,29,30,34,36)/t25-/m0/s1. The Labute approximate surface area is 216 Å². The van der Waals surface area contributed by atoms with Gasteiger partial charge in [0.1, 0.15) is 11.4 Å². The number of carbonyl (C=O) groups is 1. The van der Waals surface area contributed by atoms with E-state index in [1.165, 1.54) is 0 Å². The Morgan fingerprint density at radius 3 is 2.25 bits per heavy atom. The second-order valence-electron chi connectivity index (χ2n) is 8.45. The van der Waals surface area contributed by atoms with E-state index in [-0.39, 0.29) is 17.1 Å². The van der Waals surface area contributed by atoms with Crippen LogP contribution in [-0.4, -0.2) is 53.4 Å². The minimum absolute atomic E-state index is 0.0942. The topological polar surface area (TPSA) is 71.4 Å². The van der Waals surface area contributed by atoms with Gasteiger partial charge < -0.3 is 15.0 Å². The highest BCUT2D eigenvalue weighted by atomic mass is 32.1. The lowest BCUT2D eigenvalue weighted by atomic mass is 10.1. The number of thiocarbonyl (C=S) groups is 1. The Bertz CT molecular complexity index is 1310. The van der Waals surface area contributed by atoms with Crippen molar-refractivity contribution in [2.45, 2.75) is 6.04 Å². The van der Waals surface area contributed by atoms with E-state index in [0.29, 0.717) is 17.8 Å². The zero-order chi connectivity index (χ0) is 25.5.